The molecule has 1 saturated carbocycles. The summed E-state index contributed by atoms with van der Waals surface area (Å²) in [5, 5.41) is 3.67. The quantitative estimate of drug-likeness (QED) is 0.878. The molecule has 19 heavy (non-hydrogen) atoms. The summed E-state index contributed by atoms with van der Waals surface area (Å²) >= 11 is 3.45. The maximum Gasteiger partial charge on any atom is 0.0413 e. The van der Waals surface area contributed by atoms with E-state index in [0.717, 1.165) is 29.3 Å². The van der Waals surface area contributed by atoms with Crippen molar-refractivity contribution < 1.29 is 0 Å². The predicted octanol–water partition coefficient (Wildman–Crippen LogP) is 4.19. The van der Waals surface area contributed by atoms with Crippen molar-refractivity contribution in [2.24, 2.45) is 11.8 Å². The molecule has 2 rings (SSSR count). The summed E-state index contributed by atoms with van der Waals surface area (Å²) in [5.41, 5.74) is 1.23. The minimum Gasteiger partial charge on any atom is -0.314 e. The van der Waals surface area contributed by atoms with E-state index in [0.29, 0.717) is 6.04 Å². The molecule has 1 aromatic rings. The van der Waals surface area contributed by atoms with Crippen LogP contribution in [0.1, 0.15) is 45.2 Å². The van der Waals surface area contributed by atoms with Crippen LogP contribution in [0.5, 0.6) is 0 Å². The Labute approximate surface area is 125 Å². The molecule has 1 aliphatic rings. The lowest BCUT2D eigenvalue weighted by atomic mass is 9.75. The molecule has 106 valence electrons. The second-order valence-electron chi connectivity index (χ2n) is 5.68. The van der Waals surface area contributed by atoms with Gasteiger partial charge in [0.1, 0.15) is 0 Å². The summed E-state index contributed by atoms with van der Waals surface area (Å²) in [4.78, 5) is 4.54. The minimum atomic E-state index is 0.679. The highest BCUT2D eigenvalue weighted by Crippen LogP contribution is 2.33. The largest absolute Gasteiger partial charge is 0.314 e. The summed E-state index contributed by atoms with van der Waals surface area (Å²) in [7, 11) is 0. The summed E-state index contributed by atoms with van der Waals surface area (Å²) in [5.74, 6) is 1.66. The fraction of sp³-hybridized carbons (Fsp3) is 0.688. The van der Waals surface area contributed by atoms with Gasteiger partial charge in [0.25, 0.3) is 0 Å². The monoisotopic (exact) mass is 324 g/mol. The zero-order valence-electron chi connectivity index (χ0n) is 12.0. The topological polar surface area (TPSA) is 24.9 Å². The Hall–Kier alpha value is -0.410. The van der Waals surface area contributed by atoms with Crippen LogP contribution in [0.4, 0.5) is 0 Å². The molecule has 3 unspecified atom stereocenters. The van der Waals surface area contributed by atoms with Crippen molar-refractivity contribution in [2.45, 2.75) is 52.0 Å². The number of halogens is 1. The van der Waals surface area contributed by atoms with Gasteiger partial charge in [0, 0.05) is 22.4 Å². The van der Waals surface area contributed by atoms with Crippen LogP contribution >= 0.6 is 15.9 Å². The number of nitrogens with one attached hydrogen (secondary N) is 1. The minimum absolute atomic E-state index is 0.679. The Morgan fingerprint density at radius 3 is 2.79 bits per heavy atom. The first-order valence-corrected chi connectivity index (χ1v) is 8.36. The van der Waals surface area contributed by atoms with Gasteiger partial charge in [0.2, 0.25) is 0 Å². The van der Waals surface area contributed by atoms with Crippen LogP contribution < -0.4 is 5.32 Å². The number of hydrogen-bond donors (Lipinski definition) is 1. The molecule has 0 aliphatic heterocycles. The van der Waals surface area contributed by atoms with E-state index >= 15 is 0 Å². The van der Waals surface area contributed by atoms with Gasteiger partial charge in [0.15, 0.2) is 0 Å². The van der Waals surface area contributed by atoms with E-state index in [1.807, 2.05) is 6.20 Å². The molecule has 1 heterocycles. The lowest BCUT2D eigenvalue weighted by molar-refractivity contribution is 0.199. The highest BCUT2D eigenvalue weighted by molar-refractivity contribution is 9.10. The van der Waals surface area contributed by atoms with E-state index in [1.165, 1.54) is 31.4 Å². The molecule has 0 aromatic carbocycles. The Balaban J connectivity index is 2.02. The maximum absolute atomic E-state index is 4.54. The van der Waals surface area contributed by atoms with E-state index < -0.39 is 0 Å². The van der Waals surface area contributed by atoms with Crippen LogP contribution in [-0.4, -0.2) is 17.6 Å². The van der Waals surface area contributed by atoms with Crippen molar-refractivity contribution in [1.29, 1.82) is 0 Å². The molecule has 0 bridgehead atoms. The Kier molecular flexibility index (Phi) is 5.83. The van der Waals surface area contributed by atoms with E-state index in [2.05, 4.69) is 52.2 Å². The third-order valence-corrected chi connectivity index (χ3v) is 4.86. The molecule has 1 fully saturated rings. The van der Waals surface area contributed by atoms with Crippen molar-refractivity contribution in [3.05, 3.63) is 28.5 Å². The molecular weight excluding hydrogens is 300 g/mol. The van der Waals surface area contributed by atoms with E-state index in [4.69, 9.17) is 0 Å². The standard InChI is InChI=1S/C16H25BrN2/c1-3-12-5-8-16(18-4-2)13(9-12)10-15-7-6-14(17)11-19-15/h6-7,11-13,16,18H,3-5,8-10H2,1-2H3. The molecule has 0 spiro atoms. The van der Waals surface area contributed by atoms with Gasteiger partial charge in [-0.1, -0.05) is 20.3 Å². The number of hydrogen-bond acceptors (Lipinski definition) is 2. The first kappa shape index (κ1) is 15.0. The zero-order chi connectivity index (χ0) is 13.7. The normalized spacial score (nSPS) is 27.4. The second kappa shape index (κ2) is 7.39. The van der Waals surface area contributed by atoms with Gasteiger partial charge in [-0.2, -0.15) is 0 Å². The number of nitrogens with zero attached hydrogens (tertiary/aromatic N) is 1. The van der Waals surface area contributed by atoms with Crippen LogP contribution in [0.2, 0.25) is 0 Å². The predicted molar refractivity (Wildman–Crippen MR) is 84.2 cm³/mol. The molecular formula is C16H25BrN2. The average Bonchev–Trinajstić information content (AvgIpc) is 2.43. The van der Waals surface area contributed by atoms with Crippen LogP contribution in [-0.2, 0) is 6.42 Å². The Morgan fingerprint density at radius 2 is 2.16 bits per heavy atom. The highest BCUT2D eigenvalue weighted by Gasteiger charge is 2.29. The maximum atomic E-state index is 4.54. The van der Waals surface area contributed by atoms with Gasteiger partial charge < -0.3 is 5.32 Å². The average molecular weight is 325 g/mol. The van der Waals surface area contributed by atoms with Gasteiger partial charge in [-0.25, -0.2) is 0 Å². The van der Waals surface area contributed by atoms with Gasteiger partial charge in [-0.15, -0.1) is 0 Å². The van der Waals surface area contributed by atoms with E-state index in [-0.39, 0.29) is 0 Å². The molecule has 3 atom stereocenters. The third kappa shape index (κ3) is 4.28. The van der Waals surface area contributed by atoms with Crippen molar-refractivity contribution in [3.63, 3.8) is 0 Å². The van der Waals surface area contributed by atoms with Gasteiger partial charge in [-0.05, 0) is 72.1 Å². The molecule has 0 radical (unpaired) electrons. The van der Waals surface area contributed by atoms with Crippen molar-refractivity contribution in [3.8, 4) is 0 Å². The first-order valence-electron chi connectivity index (χ1n) is 7.56. The zero-order valence-corrected chi connectivity index (χ0v) is 13.6. The third-order valence-electron chi connectivity index (χ3n) is 4.39. The fourth-order valence-electron chi connectivity index (χ4n) is 3.28. The van der Waals surface area contributed by atoms with Crippen molar-refractivity contribution in [1.82, 2.24) is 10.3 Å². The molecule has 0 saturated heterocycles. The molecule has 1 aromatic heterocycles. The van der Waals surface area contributed by atoms with Crippen molar-refractivity contribution in [2.75, 3.05) is 6.54 Å². The van der Waals surface area contributed by atoms with Crippen molar-refractivity contribution >= 4 is 15.9 Å². The van der Waals surface area contributed by atoms with Crippen LogP contribution in [0, 0.1) is 11.8 Å². The van der Waals surface area contributed by atoms with E-state index in [9.17, 15) is 0 Å². The molecule has 3 heteroatoms. The number of rotatable bonds is 5. The summed E-state index contributed by atoms with van der Waals surface area (Å²) in [6.07, 6.45) is 8.42. The lowest BCUT2D eigenvalue weighted by Gasteiger charge is -2.36. The first-order chi connectivity index (χ1) is 9.22. The Bertz CT molecular complexity index is 377. The van der Waals surface area contributed by atoms with Crippen LogP contribution in [0.15, 0.2) is 22.8 Å². The van der Waals surface area contributed by atoms with Crippen LogP contribution in [0.3, 0.4) is 0 Å². The molecule has 1 N–H and O–H groups in total. The fourth-order valence-corrected chi connectivity index (χ4v) is 3.52. The Morgan fingerprint density at radius 1 is 1.32 bits per heavy atom. The van der Waals surface area contributed by atoms with Crippen LogP contribution in [0.25, 0.3) is 0 Å². The summed E-state index contributed by atoms with van der Waals surface area (Å²) in [6.45, 7) is 5.61. The highest BCUT2D eigenvalue weighted by atomic mass is 79.9. The summed E-state index contributed by atoms with van der Waals surface area (Å²) < 4.78 is 1.06. The summed E-state index contributed by atoms with van der Waals surface area (Å²) in [6, 6.07) is 4.94. The van der Waals surface area contributed by atoms with E-state index in [1.54, 1.807) is 0 Å². The number of aromatic nitrogens is 1. The second-order valence-corrected chi connectivity index (χ2v) is 6.60. The molecule has 2 nitrogen and oxygen atoms in total. The lowest BCUT2D eigenvalue weighted by Crippen LogP contribution is -2.41. The molecule has 1 aliphatic carbocycles. The SMILES string of the molecule is CCNC1CCC(CC)CC1Cc1ccc(Br)cn1. The van der Waals surface area contributed by atoms with Gasteiger partial charge in [0.05, 0.1) is 0 Å². The molecule has 0 amide bonds. The van der Waals surface area contributed by atoms with Gasteiger partial charge >= 0.3 is 0 Å². The smallest absolute Gasteiger partial charge is 0.0413 e. The number of pyridine rings is 1. The van der Waals surface area contributed by atoms with Gasteiger partial charge in [-0.3, -0.25) is 4.98 Å².